The van der Waals surface area contributed by atoms with E-state index in [0.29, 0.717) is 22.4 Å². The van der Waals surface area contributed by atoms with Crippen molar-refractivity contribution >= 4 is 28.3 Å². The third kappa shape index (κ3) is 2.61. The van der Waals surface area contributed by atoms with E-state index in [9.17, 15) is 9.59 Å². The van der Waals surface area contributed by atoms with Gasteiger partial charge in [-0.1, -0.05) is 18.2 Å². The molecule has 0 atom stereocenters. The van der Waals surface area contributed by atoms with Gasteiger partial charge in [0, 0.05) is 18.9 Å². The van der Waals surface area contributed by atoms with E-state index < -0.39 is 0 Å². The van der Waals surface area contributed by atoms with Gasteiger partial charge in [0.15, 0.2) is 0 Å². The smallest absolute Gasteiger partial charge is 0.272 e. The molecule has 0 aliphatic carbocycles. The zero-order valence-corrected chi connectivity index (χ0v) is 15.7. The minimum absolute atomic E-state index is 0.180. The van der Waals surface area contributed by atoms with E-state index in [1.807, 2.05) is 51.1 Å². The second-order valence-electron chi connectivity index (χ2n) is 6.83. The molecule has 0 fully saturated rings. The Morgan fingerprint density at radius 3 is 2.56 bits per heavy atom. The van der Waals surface area contributed by atoms with Gasteiger partial charge < -0.3 is 9.88 Å². The van der Waals surface area contributed by atoms with Crippen LogP contribution in [0.3, 0.4) is 0 Å². The van der Waals surface area contributed by atoms with Gasteiger partial charge in [0.25, 0.3) is 11.5 Å². The van der Waals surface area contributed by atoms with Crippen LogP contribution < -0.4 is 10.9 Å². The van der Waals surface area contributed by atoms with Crippen molar-refractivity contribution in [2.24, 2.45) is 7.05 Å². The van der Waals surface area contributed by atoms with E-state index in [0.717, 1.165) is 22.4 Å². The Morgan fingerprint density at radius 1 is 1.04 bits per heavy atom. The molecule has 1 amide bonds. The van der Waals surface area contributed by atoms with Crippen molar-refractivity contribution in [2.75, 3.05) is 5.32 Å². The molecule has 0 radical (unpaired) electrons. The average molecular weight is 360 g/mol. The first kappa shape index (κ1) is 17.0. The number of hydrogen-bond donors (Lipinski definition) is 1. The third-order valence-corrected chi connectivity index (χ3v) is 5.11. The second kappa shape index (κ2) is 6.09. The number of aryl methyl sites for hydroxylation is 3. The lowest BCUT2D eigenvalue weighted by molar-refractivity contribution is 0.101. The van der Waals surface area contributed by atoms with Crippen LogP contribution in [0.1, 0.15) is 27.2 Å². The van der Waals surface area contributed by atoms with Gasteiger partial charge in [0.2, 0.25) is 0 Å². The molecule has 6 nitrogen and oxygen atoms in total. The Balaban J connectivity index is 1.86. The standard InChI is InChI=1S/C21H20N4O2/c1-12-7-5-9-16(14(12)3)22-20(26)17-11-15-19(24(17)4)23-18-13(2)8-6-10-25(18)21(15)27/h5-11H,1-4H3,(H,22,26). The lowest BCUT2D eigenvalue weighted by Crippen LogP contribution is -2.17. The fourth-order valence-corrected chi connectivity index (χ4v) is 3.32. The quantitative estimate of drug-likeness (QED) is 0.596. The second-order valence-corrected chi connectivity index (χ2v) is 6.83. The number of rotatable bonds is 2. The number of amides is 1. The van der Waals surface area contributed by atoms with Crippen molar-refractivity contribution in [1.82, 2.24) is 14.0 Å². The third-order valence-electron chi connectivity index (χ3n) is 5.11. The van der Waals surface area contributed by atoms with Crippen molar-refractivity contribution in [2.45, 2.75) is 20.8 Å². The Bertz CT molecular complexity index is 1280. The molecule has 4 rings (SSSR count). The van der Waals surface area contributed by atoms with Crippen molar-refractivity contribution < 1.29 is 4.79 Å². The van der Waals surface area contributed by atoms with E-state index in [4.69, 9.17) is 0 Å². The summed E-state index contributed by atoms with van der Waals surface area (Å²) in [5.41, 5.74) is 5.09. The van der Waals surface area contributed by atoms with E-state index in [1.54, 1.807) is 23.9 Å². The molecule has 1 N–H and O–H groups in total. The fourth-order valence-electron chi connectivity index (χ4n) is 3.32. The lowest BCUT2D eigenvalue weighted by Gasteiger charge is -2.10. The van der Waals surface area contributed by atoms with E-state index >= 15 is 0 Å². The molecule has 3 aromatic heterocycles. The average Bonchev–Trinajstić information content (AvgIpc) is 2.97. The number of carbonyl (C=O) groups excluding carboxylic acids is 1. The van der Waals surface area contributed by atoms with Crippen LogP contribution in [0, 0.1) is 20.8 Å². The van der Waals surface area contributed by atoms with Gasteiger partial charge >= 0.3 is 0 Å². The Morgan fingerprint density at radius 2 is 1.78 bits per heavy atom. The summed E-state index contributed by atoms with van der Waals surface area (Å²) in [5.74, 6) is -0.269. The Kier molecular flexibility index (Phi) is 3.84. The van der Waals surface area contributed by atoms with Crippen LogP contribution in [0.4, 0.5) is 5.69 Å². The van der Waals surface area contributed by atoms with Crippen LogP contribution in [0.5, 0.6) is 0 Å². The topological polar surface area (TPSA) is 68.4 Å². The molecule has 0 spiro atoms. The normalized spacial score (nSPS) is 11.3. The number of carbonyl (C=O) groups is 1. The number of hydrogen-bond acceptors (Lipinski definition) is 3. The molecule has 4 aromatic rings. The van der Waals surface area contributed by atoms with E-state index in [1.165, 1.54) is 4.40 Å². The molecule has 0 saturated heterocycles. The maximum absolute atomic E-state index is 12.9. The molecular formula is C21H20N4O2. The minimum atomic E-state index is -0.269. The Labute approximate surface area is 156 Å². The highest BCUT2D eigenvalue weighted by molar-refractivity contribution is 6.06. The maximum Gasteiger partial charge on any atom is 0.272 e. The zero-order chi connectivity index (χ0) is 19.3. The summed E-state index contributed by atoms with van der Waals surface area (Å²) in [5, 5.41) is 3.37. The summed E-state index contributed by atoms with van der Waals surface area (Å²) in [6.45, 7) is 5.88. The fraction of sp³-hybridized carbons (Fsp3) is 0.190. The molecule has 0 aliphatic rings. The molecule has 3 heterocycles. The van der Waals surface area contributed by atoms with Crippen LogP contribution in [0.15, 0.2) is 47.4 Å². The lowest BCUT2D eigenvalue weighted by atomic mass is 10.1. The first-order chi connectivity index (χ1) is 12.9. The van der Waals surface area contributed by atoms with Crippen LogP contribution in [-0.4, -0.2) is 19.9 Å². The van der Waals surface area contributed by atoms with Crippen LogP contribution in [-0.2, 0) is 7.05 Å². The molecule has 0 bridgehead atoms. The number of fused-ring (bicyclic) bond motifs is 2. The summed E-state index contributed by atoms with van der Waals surface area (Å²) < 4.78 is 3.19. The van der Waals surface area contributed by atoms with Crippen molar-refractivity contribution in [1.29, 1.82) is 0 Å². The molecule has 0 saturated carbocycles. The predicted molar refractivity (Wildman–Crippen MR) is 107 cm³/mol. The van der Waals surface area contributed by atoms with Gasteiger partial charge in [-0.3, -0.25) is 14.0 Å². The zero-order valence-electron chi connectivity index (χ0n) is 15.7. The molecule has 0 aliphatic heterocycles. The predicted octanol–water partition coefficient (Wildman–Crippen LogP) is 3.36. The first-order valence-electron chi connectivity index (χ1n) is 8.73. The largest absolute Gasteiger partial charge is 0.324 e. The summed E-state index contributed by atoms with van der Waals surface area (Å²) in [4.78, 5) is 30.4. The number of benzene rings is 1. The van der Waals surface area contributed by atoms with Crippen molar-refractivity contribution in [3.63, 3.8) is 0 Å². The molecule has 6 heteroatoms. The number of aromatic nitrogens is 3. The van der Waals surface area contributed by atoms with Crippen LogP contribution in [0.2, 0.25) is 0 Å². The summed E-state index contributed by atoms with van der Waals surface area (Å²) in [6.07, 6.45) is 1.69. The highest BCUT2D eigenvalue weighted by Crippen LogP contribution is 2.21. The highest BCUT2D eigenvalue weighted by atomic mass is 16.2. The summed E-state index contributed by atoms with van der Waals surface area (Å²) in [6, 6.07) is 11.1. The molecule has 1 aromatic carbocycles. The van der Waals surface area contributed by atoms with Gasteiger partial charge in [-0.15, -0.1) is 0 Å². The van der Waals surface area contributed by atoms with Gasteiger partial charge in [-0.25, -0.2) is 4.98 Å². The number of nitrogens with zero attached hydrogens (tertiary/aromatic N) is 3. The van der Waals surface area contributed by atoms with Crippen LogP contribution >= 0.6 is 0 Å². The SMILES string of the molecule is Cc1cccc(NC(=O)c2cc3c(=O)n4cccc(C)c4nc3n2C)c1C. The number of anilines is 1. The van der Waals surface area contributed by atoms with Gasteiger partial charge in [0.1, 0.15) is 17.0 Å². The van der Waals surface area contributed by atoms with Crippen molar-refractivity contribution in [3.8, 4) is 0 Å². The summed E-state index contributed by atoms with van der Waals surface area (Å²) in [7, 11) is 1.75. The number of nitrogens with one attached hydrogen (secondary N) is 1. The van der Waals surface area contributed by atoms with Gasteiger partial charge in [-0.2, -0.15) is 0 Å². The maximum atomic E-state index is 12.9. The first-order valence-corrected chi connectivity index (χ1v) is 8.73. The van der Waals surface area contributed by atoms with Gasteiger partial charge in [-0.05, 0) is 55.7 Å². The molecular weight excluding hydrogens is 340 g/mol. The van der Waals surface area contributed by atoms with E-state index in [2.05, 4.69) is 10.3 Å². The Hall–Kier alpha value is -3.41. The highest BCUT2D eigenvalue weighted by Gasteiger charge is 2.18. The summed E-state index contributed by atoms with van der Waals surface area (Å²) >= 11 is 0. The molecule has 136 valence electrons. The molecule has 0 unspecified atom stereocenters. The monoisotopic (exact) mass is 360 g/mol. The minimum Gasteiger partial charge on any atom is -0.324 e. The van der Waals surface area contributed by atoms with Gasteiger partial charge in [0.05, 0.1) is 5.39 Å². The number of pyridine rings is 1. The van der Waals surface area contributed by atoms with E-state index in [-0.39, 0.29) is 11.5 Å². The van der Waals surface area contributed by atoms with Crippen LogP contribution in [0.25, 0.3) is 16.7 Å². The van der Waals surface area contributed by atoms with Crippen molar-refractivity contribution in [3.05, 3.63) is 75.3 Å². The molecule has 27 heavy (non-hydrogen) atoms.